The second-order valence-corrected chi connectivity index (χ2v) is 7.71. The first-order chi connectivity index (χ1) is 7.45. The van der Waals surface area contributed by atoms with Crippen LogP contribution in [0.2, 0.25) is 0 Å². The van der Waals surface area contributed by atoms with Gasteiger partial charge in [0.15, 0.2) is 9.84 Å². The zero-order valence-corrected chi connectivity index (χ0v) is 10.8. The Hall–Kier alpha value is -0.530. The molecule has 1 fully saturated rings. The highest BCUT2D eigenvalue weighted by molar-refractivity contribution is 7.91. The van der Waals surface area contributed by atoms with E-state index >= 15 is 0 Å². The highest BCUT2D eigenvalue weighted by Crippen LogP contribution is 2.36. The molecule has 7 heteroatoms. The van der Waals surface area contributed by atoms with Gasteiger partial charge in [0.2, 0.25) is 0 Å². The molecular weight excluding hydrogens is 246 g/mol. The van der Waals surface area contributed by atoms with Crippen LogP contribution in [0.3, 0.4) is 0 Å². The minimum absolute atomic E-state index is 0.180. The van der Waals surface area contributed by atoms with Crippen LogP contribution in [0, 0.1) is 0 Å². The molecule has 1 unspecified atom stereocenters. The summed E-state index contributed by atoms with van der Waals surface area (Å²) in [5, 5.41) is 9.59. The summed E-state index contributed by atoms with van der Waals surface area (Å²) >= 11 is 1.43. The number of hydrogen-bond acceptors (Lipinski definition) is 6. The van der Waals surface area contributed by atoms with Gasteiger partial charge in [-0.2, -0.15) is 0 Å². The Kier molecular flexibility index (Phi) is 3.02. The number of rotatable bonds is 2. The van der Waals surface area contributed by atoms with Crippen molar-refractivity contribution in [2.24, 2.45) is 5.73 Å². The lowest BCUT2D eigenvalue weighted by molar-refractivity contribution is 0.440. The largest absolute Gasteiger partial charge is 0.324 e. The molecule has 5 nitrogen and oxygen atoms in total. The van der Waals surface area contributed by atoms with Crippen molar-refractivity contribution in [1.29, 1.82) is 0 Å². The number of hydrogen-bond donors (Lipinski definition) is 1. The van der Waals surface area contributed by atoms with Gasteiger partial charge < -0.3 is 5.73 Å². The highest BCUT2D eigenvalue weighted by Gasteiger charge is 2.39. The van der Waals surface area contributed by atoms with E-state index in [1.165, 1.54) is 11.3 Å². The van der Waals surface area contributed by atoms with Gasteiger partial charge in [-0.25, -0.2) is 8.42 Å². The first-order valence-electron chi connectivity index (χ1n) is 5.19. The number of sulfone groups is 1. The molecule has 90 valence electrons. The van der Waals surface area contributed by atoms with Gasteiger partial charge in [0.25, 0.3) is 0 Å². The van der Waals surface area contributed by atoms with Gasteiger partial charge in [0.05, 0.1) is 11.5 Å². The number of nitrogens with zero attached hydrogens (tertiary/aromatic N) is 2. The first-order valence-corrected chi connectivity index (χ1v) is 7.82. The van der Waals surface area contributed by atoms with Gasteiger partial charge >= 0.3 is 0 Å². The van der Waals surface area contributed by atoms with Crippen LogP contribution in [0.15, 0.2) is 0 Å². The van der Waals surface area contributed by atoms with Crippen molar-refractivity contribution < 1.29 is 8.42 Å². The maximum absolute atomic E-state index is 11.6. The molecule has 0 bridgehead atoms. The van der Waals surface area contributed by atoms with Crippen molar-refractivity contribution in [3.05, 3.63) is 10.0 Å². The van der Waals surface area contributed by atoms with Gasteiger partial charge in [-0.1, -0.05) is 18.3 Å². The van der Waals surface area contributed by atoms with E-state index in [1.807, 2.05) is 6.92 Å². The lowest BCUT2D eigenvalue weighted by Gasteiger charge is -2.30. The third-order valence-corrected chi connectivity index (χ3v) is 6.12. The molecule has 0 radical (unpaired) electrons. The minimum atomic E-state index is -2.93. The Morgan fingerprint density at radius 1 is 1.50 bits per heavy atom. The normalized spacial score (nSPS) is 29.1. The molecule has 2 rings (SSSR count). The van der Waals surface area contributed by atoms with Crippen molar-refractivity contribution in [3.63, 3.8) is 0 Å². The Labute approximate surface area is 99.0 Å². The molecule has 1 aromatic rings. The van der Waals surface area contributed by atoms with E-state index in [0.29, 0.717) is 18.7 Å². The van der Waals surface area contributed by atoms with Gasteiger partial charge in [0.1, 0.15) is 10.0 Å². The Morgan fingerprint density at radius 2 is 2.25 bits per heavy atom. The summed E-state index contributed by atoms with van der Waals surface area (Å²) < 4.78 is 23.3. The van der Waals surface area contributed by atoms with E-state index in [-0.39, 0.29) is 11.2 Å². The molecule has 2 heterocycles. The maximum atomic E-state index is 11.6. The molecule has 0 saturated carbocycles. The number of nitrogens with two attached hydrogens (primary N) is 1. The molecule has 1 atom stereocenters. The van der Waals surface area contributed by atoms with Crippen LogP contribution in [0.5, 0.6) is 0 Å². The Bertz CT molecular complexity index is 483. The van der Waals surface area contributed by atoms with E-state index in [2.05, 4.69) is 10.2 Å². The van der Waals surface area contributed by atoms with Crippen LogP contribution in [0.25, 0.3) is 0 Å². The summed E-state index contributed by atoms with van der Waals surface area (Å²) in [6.07, 6.45) is 1.56. The molecule has 1 aromatic heterocycles. The van der Waals surface area contributed by atoms with Crippen molar-refractivity contribution in [1.82, 2.24) is 10.2 Å². The summed E-state index contributed by atoms with van der Waals surface area (Å²) in [7, 11) is -2.93. The molecule has 16 heavy (non-hydrogen) atoms. The van der Waals surface area contributed by atoms with Crippen molar-refractivity contribution in [2.45, 2.75) is 31.7 Å². The lowest BCUT2D eigenvalue weighted by atomic mass is 9.88. The zero-order valence-electron chi connectivity index (χ0n) is 9.14. The second-order valence-electron chi connectivity index (χ2n) is 4.46. The molecule has 1 aliphatic heterocycles. The quantitative estimate of drug-likeness (QED) is 0.836. The molecule has 2 N–H and O–H groups in total. The summed E-state index contributed by atoms with van der Waals surface area (Å²) in [6.45, 7) is 2.31. The predicted molar refractivity (Wildman–Crippen MR) is 63.0 cm³/mol. The average molecular weight is 261 g/mol. The van der Waals surface area contributed by atoms with Gasteiger partial charge in [0, 0.05) is 12.0 Å². The van der Waals surface area contributed by atoms with Crippen LogP contribution in [0.4, 0.5) is 0 Å². The summed E-state index contributed by atoms with van der Waals surface area (Å²) in [5.74, 6) is 0.477. The topological polar surface area (TPSA) is 85.9 Å². The summed E-state index contributed by atoms with van der Waals surface area (Å²) in [5.41, 5.74) is 5.11. The van der Waals surface area contributed by atoms with Crippen molar-refractivity contribution in [3.8, 4) is 0 Å². The number of aromatic nitrogens is 2. The first kappa shape index (κ1) is 11.9. The molecule has 1 saturated heterocycles. The van der Waals surface area contributed by atoms with Crippen molar-refractivity contribution >= 4 is 21.2 Å². The van der Waals surface area contributed by atoms with E-state index in [9.17, 15) is 8.42 Å². The van der Waals surface area contributed by atoms with E-state index in [0.717, 1.165) is 16.4 Å². The maximum Gasteiger partial charge on any atom is 0.151 e. The zero-order chi connectivity index (χ0) is 11.8. The lowest BCUT2D eigenvalue weighted by Crippen LogP contribution is -2.37. The molecular formula is C9H15N3O2S2. The van der Waals surface area contributed by atoms with Crippen LogP contribution < -0.4 is 5.73 Å². The standard InChI is InChI=1S/C9H15N3O2S2/c1-9(3-2-4-16(13,14)6-9)8-12-11-7(5-10)15-8/h2-6,10H2,1H3. The Morgan fingerprint density at radius 3 is 2.81 bits per heavy atom. The van der Waals surface area contributed by atoms with Crippen LogP contribution in [-0.2, 0) is 21.8 Å². The molecule has 0 aliphatic carbocycles. The van der Waals surface area contributed by atoms with E-state index < -0.39 is 9.84 Å². The molecule has 1 aliphatic rings. The van der Waals surface area contributed by atoms with Crippen molar-refractivity contribution in [2.75, 3.05) is 11.5 Å². The minimum Gasteiger partial charge on any atom is -0.324 e. The van der Waals surface area contributed by atoms with Crippen LogP contribution in [-0.4, -0.2) is 30.1 Å². The summed E-state index contributed by atoms with van der Waals surface area (Å²) in [6, 6.07) is 0. The predicted octanol–water partition coefficient (Wildman–Crippen LogP) is 0.463. The third-order valence-electron chi connectivity index (χ3n) is 2.88. The fraction of sp³-hybridized carbons (Fsp3) is 0.778. The monoisotopic (exact) mass is 261 g/mol. The highest BCUT2D eigenvalue weighted by atomic mass is 32.2. The fourth-order valence-electron chi connectivity index (χ4n) is 2.06. The fourth-order valence-corrected chi connectivity index (χ4v) is 5.02. The van der Waals surface area contributed by atoms with Crippen LogP contribution in [0.1, 0.15) is 29.8 Å². The Balaban J connectivity index is 2.31. The molecule has 0 spiro atoms. The molecule has 0 amide bonds. The molecule has 0 aromatic carbocycles. The van der Waals surface area contributed by atoms with Gasteiger partial charge in [-0.05, 0) is 12.8 Å². The van der Waals surface area contributed by atoms with E-state index in [4.69, 9.17) is 5.73 Å². The van der Waals surface area contributed by atoms with Gasteiger partial charge in [-0.15, -0.1) is 10.2 Å². The van der Waals surface area contributed by atoms with Crippen LogP contribution >= 0.6 is 11.3 Å². The van der Waals surface area contributed by atoms with E-state index in [1.54, 1.807) is 0 Å². The summed E-state index contributed by atoms with van der Waals surface area (Å²) in [4.78, 5) is 0. The SMILES string of the molecule is CC1(c2nnc(CN)s2)CCCS(=O)(=O)C1. The third kappa shape index (κ3) is 2.26. The van der Waals surface area contributed by atoms with Gasteiger partial charge in [-0.3, -0.25) is 0 Å². The average Bonchev–Trinajstić information content (AvgIpc) is 2.64. The second kappa shape index (κ2) is 4.05. The smallest absolute Gasteiger partial charge is 0.151 e.